The number of rotatable bonds is 7. The molecule has 7 heteroatoms. The number of hydrogen-bond acceptors (Lipinski definition) is 4. The summed E-state index contributed by atoms with van der Waals surface area (Å²) >= 11 is 0. The fraction of sp³-hybridized carbons (Fsp3) is 0.944. The Morgan fingerprint density at radius 3 is 2.84 bits per heavy atom. The van der Waals surface area contributed by atoms with Gasteiger partial charge in [0.15, 0.2) is 5.96 Å². The van der Waals surface area contributed by atoms with E-state index in [-0.39, 0.29) is 30.1 Å². The van der Waals surface area contributed by atoms with Gasteiger partial charge in [-0.1, -0.05) is 6.42 Å². The van der Waals surface area contributed by atoms with E-state index in [1.165, 1.54) is 38.6 Å². The van der Waals surface area contributed by atoms with Gasteiger partial charge in [-0.2, -0.15) is 0 Å². The molecule has 0 spiro atoms. The maximum atomic E-state index is 6.01. The zero-order valence-corrected chi connectivity index (χ0v) is 18.1. The molecule has 25 heavy (non-hydrogen) atoms. The van der Waals surface area contributed by atoms with Crippen LogP contribution in [0.25, 0.3) is 0 Å². The Balaban J connectivity index is 0.00000225. The number of guanidine groups is 1. The van der Waals surface area contributed by atoms with Gasteiger partial charge in [-0.3, -0.25) is 9.89 Å². The van der Waals surface area contributed by atoms with Crippen LogP contribution in [0.1, 0.15) is 38.5 Å². The standard InChI is InChI=1S/C18H34N4O2.HI/c1-19-17(21-14-18(6-4-7-18)8-10-23-2)20-11-16-12-22-9-3-5-15(22)13-24-16;/h15-16H,3-14H2,1-2H3,(H2,19,20,21);1H. The maximum absolute atomic E-state index is 6.01. The molecule has 0 aromatic carbocycles. The second-order valence-corrected chi connectivity index (χ2v) is 7.65. The Hall–Kier alpha value is -0.120. The molecule has 0 bridgehead atoms. The molecular weight excluding hydrogens is 431 g/mol. The molecule has 0 radical (unpaired) electrons. The molecule has 2 atom stereocenters. The van der Waals surface area contributed by atoms with E-state index in [1.807, 2.05) is 7.05 Å². The highest BCUT2D eigenvalue weighted by Crippen LogP contribution is 2.43. The zero-order chi connectivity index (χ0) is 16.8. The molecular formula is C18H35IN4O2. The van der Waals surface area contributed by atoms with Crippen molar-refractivity contribution in [1.29, 1.82) is 0 Å². The van der Waals surface area contributed by atoms with Crippen LogP contribution < -0.4 is 10.6 Å². The lowest BCUT2D eigenvalue weighted by atomic mass is 9.67. The minimum atomic E-state index is 0. The minimum Gasteiger partial charge on any atom is -0.385 e. The highest BCUT2D eigenvalue weighted by atomic mass is 127. The van der Waals surface area contributed by atoms with Gasteiger partial charge in [-0.15, -0.1) is 24.0 Å². The van der Waals surface area contributed by atoms with Gasteiger partial charge in [0.1, 0.15) is 0 Å². The van der Waals surface area contributed by atoms with Gasteiger partial charge in [0.2, 0.25) is 0 Å². The highest BCUT2D eigenvalue weighted by Gasteiger charge is 2.36. The van der Waals surface area contributed by atoms with E-state index < -0.39 is 0 Å². The van der Waals surface area contributed by atoms with Gasteiger partial charge < -0.3 is 20.1 Å². The number of fused-ring (bicyclic) bond motifs is 1. The van der Waals surface area contributed by atoms with Gasteiger partial charge in [0.25, 0.3) is 0 Å². The van der Waals surface area contributed by atoms with E-state index in [0.717, 1.165) is 45.2 Å². The number of methoxy groups -OCH3 is 1. The topological polar surface area (TPSA) is 58.1 Å². The summed E-state index contributed by atoms with van der Waals surface area (Å²) in [6.45, 7) is 5.83. The molecule has 3 fully saturated rings. The number of halogens is 1. The molecule has 0 aromatic rings. The monoisotopic (exact) mass is 466 g/mol. The summed E-state index contributed by atoms with van der Waals surface area (Å²) < 4.78 is 11.3. The van der Waals surface area contributed by atoms with Gasteiger partial charge >= 0.3 is 0 Å². The van der Waals surface area contributed by atoms with Crippen LogP contribution in [0, 0.1) is 5.41 Å². The Bertz CT molecular complexity index is 431. The Kier molecular flexibility index (Phi) is 8.71. The second kappa shape index (κ2) is 10.3. The second-order valence-electron chi connectivity index (χ2n) is 7.65. The van der Waals surface area contributed by atoms with Crippen molar-refractivity contribution in [1.82, 2.24) is 15.5 Å². The summed E-state index contributed by atoms with van der Waals surface area (Å²) in [5.41, 5.74) is 0.401. The molecule has 1 saturated carbocycles. The van der Waals surface area contributed by atoms with Crippen LogP contribution in [0.15, 0.2) is 4.99 Å². The fourth-order valence-corrected chi connectivity index (χ4v) is 4.22. The third kappa shape index (κ3) is 5.68. The first-order valence-corrected chi connectivity index (χ1v) is 9.54. The fourth-order valence-electron chi connectivity index (χ4n) is 4.22. The van der Waals surface area contributed by atoms with Crippen LogP contribution in [-0.4, -0.2) is 76.6 Å². The average molecular weight is 466 g/mol. The number of nitrogens with one attached hydrogen (secondary N) is 2. The van der Waals surface area contributed by atoms with Crippen molar-refractivity contribution < 1.29 is 9.47 Å². The van der Waals surface area contributed by atoms with E-state index in [1.54, 1.807) is 7.11 Å². The van der Waals surface area contributed by atoms with Crippen molar-refractivity contribution in [3.05, 3.63) is 0 Å². The smallest absolute Gasteiger partial charge is 0.191 e. The lowest BCUT2D eigenvalue weighted by Crippen LogP contribution is -2.52. The number of ether oxygens (including phenoxy) is 2. The number of hydrogen-bond donors (Lipinski definition) is 2. The molecule has 0 amide bonds. The van der Waals surface area contributed by atoms with Crippen LogP contribution in [-0.2, 0) is 9.47 Å². The molecule has 0 aromatic heterocycles. The first-order chi connectivity index (χ1) is 11.7. The van der Waals surface area contributed by atoms with Crippen LogP contribution in [0.4, 0.5) is 0 Å². The summed E-state index contributed by atoms with van der Waals surface area (Å²) in [5, 5.41) is 6.97. The van der Waals surface area contributed by atoms with Gasteiger partial charge in [-0.25, -0.2) is 0 Å². The summed E-state index contributed by atoms with van der Waals surface area (Å²) in [7, 11) is 3.63. The average Bonchev–Trinajstić information content (AvgIpc) is 3.03. The molecule has 2 unspecified atom stereocenters. The number of morpholine rings is 1. The predicted octanol–water partition coefficient (Wildman–Crippen LogP) is 1.84. The van der Waals surface area contributed by atoms with E-state index in [0.29, 0.717) is 11.5 Å². The normalized spacial score (nSPS) is 28.6. The molecule has 2 N–H and O–H groups in total. The Morgan fingerprint density at radius 2 is 2.16 bits per heavy atom. The van der Waals surface area contributed by atoms with Crippen LogP contribution >= 0.6 is 24.0 Å². The SMILES string of the molecule is CN=C(NCC1CN2CCCC2CO1)NCC1(CCOC)CCC1.I. The third-order valence-electron chi connectivity index (χ3n) is 6.06. The zero-order valence-electron chi connectivity index (χ0n) is 15.8. The van der Waals surface area contributed by atoms with Crippen molar-refractivity contribution in [2.75, 3.05) is 53.6 Å². The molecule has 146 valence electrons. The van der Waals surface area contributed by atoms with Crippen molar-refractivity contribution in [2.24, 2.45) is 10.4 Å². The maximum Gasteiger partial charge on any atom is 0.191 e. The van der Waals surface area contributed by atoms with E-state index >= 15 is 0 Å². The quantitative estimate of drug-likeness (QED) is 0.341. The van der Waals surface area contributed by atoms with Gasteiger partial charge in [-0.05, 0) is 44.1 Å². The molecule has 3 aliphatic rings. The first-order valence-electron chi connectivity index (χ1n) is 9.54. The lowest BCUT2D eigenvalue weighted by molar-refractivity contribution is -0.0453. The summed E-state index contributed by atoms with van der Waals surface area (Å²) in [5.74, 6) is 0.894. The highest BCUT2D eigenvalue weighted by molar-refractivity contribution is 14.0. The molecule has 2 saturated heterocycles. The third-order valence-corrected chi connectivity index (χ3v) is 6.06. The Morgan fingerprint density at radius 1 is 1.32 bits per heavy atom. The summed E-state index contributed by atoms with van der Waals surface area (Å²) in [4.78, 5) is 6.96. The van der Waals surface area contributed by atoms with Crippen molar-refractivity contribution in [2.45, 2.75) is 50.7 Å². The van der Waals surface area contributed by atoms with Crippen LogP contribution in [0.3, 0.4) is 0 Å². The predicted molar refractivity (Wildman–Crippen MR) is 112 cm³/mol. The van der Waals surface area contributed by atoms with Gasteiger partial charge in [0.05, 0.1) is 12.7 Å². The number of nitrogens with zero attached hydrogens (tertiary/aromatic N) is 2. The van der Waals surface area contributed by atoms with Crippen molar-refractivity contribution in [3.63, 3.8) is 0 Å². The molecule has 6 nitrogen and oxygen atoms in total. The summed E-state index contributed by atoms with van der Waals surface area (Å²) in [6, 6.07) is 0.665. The van der Waals surface area contributed by atoms with E-state index in [9.17, 15) is 0 Å². The van der Waals surface area contributed by atoms with E-state index in [2.05, 4.69) is 20.5 Å². The van der Waals surface area contributed by atoms with Crippen molar-refractivity contribution in [3.8, 4) is 0 Å². The summed E-state index contributed by atoms with van der Waals surface area (Å²) in [6.07, 6.45) is 7.95. The minimum absolute atomic E-state index is 0. The molecule has 3 rings (SSSR count). The Labute approximate surface area is 169 Å². The van der Waals surface area contributed by atoms with Crippen LogP contribution in [0.5, 0.6) is 0 Å². The molecule has 2 heterocycles. The largest absolute Gasteiger partial charge is 0.385 e. The molecule has 1 aliphatic carbocycles. The lowest BCUT2D eigenvalue weighted by Gasteiger charge is -2.42. The number of aliphatic imine (C=N–C) groups is 1. The molecule has 2 aliphatic heterocycles. The van der Waals surface area contributed by atoms with Crippen molar-refractivity contribution >= 4 is 29.9 Å². The van der Waals surface area contributed by atoms with E-state index in [4.69, 9.17) is 9.47 Å². The first kappa shape index (κ1) is 21.2. The van der Waals surface area contributed by atoms with Crippen LogP contribution in [0.2, 0.25) is 0 Å². The van der Waals surface area contributed by atoms with Gasteiger partial charge in [0, 0.05) is 46.4 Å².